The summed E-state index contributed by atoms with van der Waals surface area (Å²) in [6.45, 7) is 0.435. The Kier molecular flexibility index (Phi) is 6.33. The summed E-state index contributed by atoms with van der Waals surface area (Å²) >= 11 is 15.4. The molecule has 0 aliphatic heterocycles. The lowest BCUT2D eigenvalue weighted by atomic mass is 10.1. The molecule has 0 fully saturated rings. The smallest absolute Gasteiger partial charge is 0.119 e. The van der Waals surface area contributed by atoms with Crippen LogP contribution in [0.3, 0.4) is 0 Å². The van der Waals surface area contributed by atoms with Gasteiger partial charge in [-0.1, -0.05) is 45.2 Å². The zero-order valence-electron chi connectivity index (χ0n) is 11.2. The Labute approximate surface area is 142 Å². The molecule has 0 saturated heterocycles. The zero-order valence-corrected chi connectivity index (χ0v) is 14.3. The van der Waals surface area contributed by atoms with E-state index in [1.165, 1.54) is 0 Å². The van der Waals surface area contributed by atoms with Crippen LogP contribution in [0.1, 0.15) is 5.56 Å². The fourth-order valence-corrected chi connectivity index (χ4v) is 2.72. The Morgan fingerprint density at radius 3 is 2.48 bits per heavy atom. The maximum absolute atomic E-state index is 6.21. The van der Waals surface area contributed by atoms with Crippen molar-refractivity contribution in [2.75, 3.05) is 6.61 Å². The summed E-state index contributed by atoms with van der Waals surface area (Å²) in [5.74, 6) is 6.34. The van der Waals surface area contributed by atoms with Gasteiger partial charge in [-0.05, 0) is 48.4 Å². The van der Waals surface area contributed by atoms with E-state index in [-0.39, 0.29) is 6.04 Å². The van der Waals surface area contributed by atoms with E-state index in [0.717, 1.165) is 15.8 Å². The lowest BCUT2D eigenvalue weighted by Gasteiger charge is -2.17. The Morgan fingerprint density at radius 2 is 1.86 bits per heavy atom. The highest BCUT2D eigenvalue weighted by molar-refractivity contribution is 9.10. The number of benzene rings is 2. The topological polar surface area (TPSA) is 47.3 Å². The molecular weight excluding hydrogens is 375 g/mol. The first-order valence-electron chi connectivity index (χ1n) is 6.37. The molecule has 0 aliphatic carbocycles. The van der Waals surface area contributed by atoms with E-state index in [4.69, 9.17) is 33.8 Å². The largest absolute Gasteiger partial charge is 0.492 e. The molecule has 3 N–H and O–H groups in total. The van der Waals surface area contributed by atoms with Crippen molar-refractivity contribution >= 4 is 39.1 Å². The molecule has 0 amide bonds. The Balaban J connectivity index is 1.95. The average molecular weight is 390 g/mol. The minimum Gasteiger partial charge on any atom is -0.492 e. The lowest BCUT2D eigenvalue weighted by Crippen LogP contribution is -2.41. The van der Waals surface area contributed by atoms with E-state index < -0.39 is 0 Å². The van der Waals surface area contributed by atoms with Crippen LogP contribution in [0.2, 0.25) is 10.0 Å². The van der Waals surface area contributed by atoms with Crippen LogP contribution >= 0.6 is 39.1 Å². The third-order valence-electron chi connectivity index (χ3n) is 2.98. The summed E-state index contributed by atoms with van der Waals surface area (Å²) in [4.78, 5) is 0. The Morgan fingerprint density at radius 1 is 1.14 bits per heavy atom. The van der Waals surface area contributed by atoms with Crippen LogP contribution < -0.4 is 16.0 Å². The molecule has 2 aromatic carbocycles. The molecule has 0 aromatic heterocycles. The van der Waals surface area contributed by atoms with Gasteiger partial charge in [-0.25, -0.2) is 0 Å². The van der Waals surface area contributed by atoms with E-state index in [1.807, 2.05) is 30.3 Å². The molecule has 2 rings (SSSR count). The maximum Gasteiger partial charge on any atom is 0.119 e. The van der Waals surface area contributed by atoms with Gasteiger partial charge in [0.25, 0.3) is 0 Å². The molecule has 0 radical (unpaired) electrons. The molecule has 21 heavy (non-hydrogen) atoms. The van der Waals surface area contributed by atoms with E-state index in [9.17, 15) is 0 Å². The fraction of sp³-hybridized carbons (Fsp3) is 0.200. The predicted molar refractivity (Wildman–Crippen MR) is 90.9 cm³/mol. The number of halogens is 3. The second-order valence-corrected chi connectivity index (χ2v) is 6.33. The number of nitrogens with two attached hydrogens (primary N) is 1. The Hall–Kier alpha value is -0.780. The second-order valence-electron chi connectivity index (χ2n) is 4.57. The second kappa shape index (κ2) is 8.01. The van der Waals surface area contributed by atoms with Crippen LogP contribution in [0, 0.1) is 0 Å². The Bertz CT molecular complexity index is 593. The normalized spacial score (nSPS) is 12.2. The van der Waals surface area contributed by atoms with Gasteiger partial charge in [0.1, 0.15) is 12.4 Å². The molecule has 1 atom stereocenters. The molecule has 2 aromatic rings. The average Bonchev–Trinajstić information content (AvgIpc) is 2.47. The standard InChI is InChI=1S/C15H15BrCl2N2O/c16-11-2-1-10(15(18)8-11)7-13(20-19)9-21-14-5-3-12(17)4-6-14/h1-6,8,13,20H,7,9,19H2. The quantitative estimate of drug-likeness (QED) is 0.574. The van der Waals surface area contributed by atoms with Crippen LogP contribution in [0.15, 0.2) is 46.9 Å². The molecule has 112 valence electrons. The fourth-order valence-electron chi connectivity index (χ4n) is 1.85. The lowest BCUT2D eigenvalue weighted by molar-refractivity contribution is 0.264. The first kappa shape index (κ1) is 16.6. The van der Waals surface area contributed by atoms with Crippen molar-refractivity contribution < 1.29 is 4.74 Å². The predicted octanol–water partition coefficient (Wildman–Crippen LogP) is 4.21. The molecular formula is C15H15BrCl2N2O. The van der Waals surface area contributed by atoms with Gasteiger partial charge < -0.3 is 4.74 Å². The third-order valence-corrected chi connectivity index (χ3v) is 4.08. The summed E-state index contributed by atoms with van der Waals surface area (Å²) in [6.07, 6.45) is 0.677. The summed E-state index contributed by atoms with van der Waals surface area (Å²) in [5.41, 5.74) is 3.77. The van der Waals surface area contributed by atoms with Crippen molar-refractivity contribution in [3.63, 3.8) is 0 Å². The van der Waals surface area contributed by atoms with Gasteiger partial charge in [-0.3, -0.25) is 11.3 Å². The summed E-state index contributed by atoms with van der Waals surface area (Å²) in [6, 6.07) is 13.0. The summed E-state index contributed by atoms with van der Waals surface area (Å²) < 4.78 is 6.65. The van der Waals surface area contributed by atoms with Gasteiger partial charge in [0.05, 0.1) is 6.04 Å². The molecule has 0 spiro atoms. The summed E-state index contributed by atoms with van der Waals surface area (Å²) in [5, 5.41) is 1.38. The van der Waals surface area contributed by atoms with Crippen molar-refractivity contribution in [1.29, 1.82) is 0 Å². The molecule has 0 heterocycles. The molecule has 0 bridgehead atoms. The first-order chi connectivity index (χ1) is 10.1. The SMILES string of the molecule is NNC(COc1ccc(Cl)cc1)Cc1ccc(Br)cc1Cl. The van der Waals surface area contributed by atoms with Crippen molar-refractivity contribution in [3.8, 4) is 5.75 Å². The van der Waals surface area contributed by atoms with Crippen LogP contribution in [0.5, 0.6) is 5.75 Å². The highest BCUT2D eigenvalue weighted by atomic mass is 79.9. The first-order valence-corrected chi connectivity index (χ1v) is 7.92. The van der Waals surface area contributed by atoms with Gasteiger partial charge >= 0.3 is 0 Å². The molecule has 0 aliphatic rings. The highest BCUT2D eigenvalue weighted by Gasteiger charge is 2.11. The van der Waals surface area contributed by atoms with Gasteiger partial charge in [-0.2, -0.15) is 0 Å². The molecule has 1 unspecified atom stereocenters. The van der Waals surface area contributed by atoms with Crippen LogP contribution in [0.25, 0.3) is 0 Å². The van der Waals surface area contributed by atoms with E-state index in [1.54, 1.807) is 12.1 Å². The highest BCUT2D eigenvalue weighted by Crippen LogP contribution is 2.23. The monoisotopic (exact) mass is 388 g/mol. The van der Waals surface area contributed by atoms with Crippen molar-refractivity contribution in [2.45, 2.75) is 12.5 Å². The number of hydrazine groups is 1. The molecule has 0 saturated carbocycles. The number of nitrogens with one attached hydrogen (secondary N) is 1. The van der Waals surface area contributed by atoms with E-state index in [2.05, 4.69) is 21.4 Å². The van der Waals surface area contributed by atoms with Gasteiger partial charge in [0, 0.05) is 14.5 Å². The number of hydrogen-bond donors (Lipinski definition) is 2. The minimum absolute atomic E-state index is 0.0423. The number of hydrogen-bond acceptors (Lipinski definition) is 3. The van der Waals surface area contributed by atoms with Gasteiger partial charge in [0.2, 0.25) is 0 Å². The number of ether oxygens (including phenoxy) is 1. The van der Waals surface area contributed by atoms with E-state index in [0.29, 0.717) is 23.1 Å². The van der Waals surface area contributed by atoms with Crippen LogP contribution in [-0.4, -0.2) is 12.6 Å². The van der Waals surface area contributed by atoms with Crippen LogP contribution in [-0.2, 0) is 6.42 Å². The zero-order chi connectivity index (χ0) is 15.2. The van der Waals surface area contributed by atoms with Crippen molar-refractivity contribution in [3.05, 3.63) is 62.5 Å². The summed E-state index contributed by atoms with van der Waals surface area (Å²) in [7, 11) is 0. The third kappa shape index (κ3) is 5.16. The van der Waals surface area contributed by atoms with Gasteiger partial charge in [-0.15, -0.1) is 0 Å². The van der Waals surface area contributed by atoms with Gasteiger partial charge in [0.15, 0.2) is 0 Å². The van der Waals surface area contributed by atoms with Crippen LogP contribution in [0.4, 0.5) is 0 Å². The molecule has 3 nitrogen and oxygen atoms in total. The maximum atomic E-state index is 6.21. The molecule has 6 heteroatoms. The number of rotatable bonds is 6. The minimum atomic E-state index is -0.0423. The van der Waals surface area contributed by atoms with Crippen molar-refractivity contribution in [2.24, 2.45) is 5.84 Å². The van der Waals surface area contributed by atoms with Crippen molar-refractivity contribution in [1.82, 2.24) is 5.43 Å². The van der Waals surface area contributed by atoms with E-state index >= 15 is 0 Å².